The molecule has 0 aliphatic carbocycles. The lowest BCUT2D eigenvalue weighted by Crippen LogP contribution is -2.08. The van der Waals surface area contributed by atoms with Gasteiger partial charge in [-0.2, -0.15) is 0 Å². The maximum atomic E-state index is 6.09. The third-order valence-electron chi connectivity index (χ3n) is 5.39. The molecule has 0 unspecified atom stereocenters. The van der Waals surface area contributed by atoms with E-state index in [4.69, 9.17) is 10.5 Å². The van der Waals surface area contributed by atoms with Gasteiger partial charge in [-0.3, -0.25) is 0 Å². The van der Waals surface area contributed by atoms with Crippen molar-refractivity contribution in [3.63, 3.8) is 0 Å². The number of nitrogens with one attached hydrogen (secondary N) is 1. The Hall–Kier alpha value is -3.24. The van der Waals surface area contributed by atoms with Crippen molar-refractivity contribution in [2.45, 2.75) is 19.3 Å². The lowest BCUT2D eigenvalue weighted by atomic mass is 10.00. The predicted octanol–water partition coefficient (Wildman–Crippen LogP) is 5.97. The summed E-state index contributed by atoms with van der Waals surface area (Å²) in [5.41, 5.74) is 11.8. The van der Waals surface area contributed by atoms with Crippen molar-refractivity contribution in [2.75, 3.05) is 25.5 Å². The van der Waals surface area contributed by atoms with Crippen molar-refractivity contribution in [3.8, 4) is 22.8 Å². The van der Waals surface area contributed by atoms with Gasteiger partial charge in [0.2, 0.25) is 0 Å². The minimum absolute atomic E-state index is 0.718. The summed E-state index contributed by atoms with van der Waals surface area (Å²) in [5, 5.41) is 1.21. The standard InChI is InChI=1S/C26H29N3O/c1-29(2)20-10-8-9-19(17-20)26-23(13-6-7-16-27)24-18-22(14-15-25(24)28-26)30-21-11-4-3-5-12-21/h3-5,8-12,14-15,17-18,28H,6-7,13,16,27H2,1-2H3. The summed E-state index contributed by atoms with van der Waals surface area (Å²) in [7, 11) is 4.14. The first kappa shape index (κ1) is 20.0. The van der Waals surface area contributed by atoms with E-state index < -0.39 is 0 Å². The van der Waals surface area contributed by atoms with Crippen LogP contribution in [0.3, 0.4) is 0 Å². The fourth-order valence-corrected chi connectivity index (χ4v) is 3.81. The molecule has 0 saturated carbocycles. The van der Waals surface area contributed by atoms with Crippen LogP contribution in [0.1, 0.15) is 18.4 Å². The number of H-pyrrole nitrogens is 1. The number of hydrogen-bond acceptors (Lipinski definition) is 3. The molecule has 0 amide bonds. The predicted molar refractivity (Wildman–Crippen MR) is 127 cm³/mol. The van der Waals surface area contributed by atoms with Gasteiger partial charge in [0.15, 0.2) is 0 Å². The van der Waals surface area contributed by atoms with Gasteiger partial charge in [0.1, 0.15) is 11.5 Å². The third-order valence-corrected chi connectivity index (χ3v) is 5.39. The monoisotopic (exact) mass is 399 g/mol. The Morgan fingerprint density at radius 3 is 2.47 bits per heavy atom. The topological polar surface area (TPSA) is 54.3 Å². The summed E-state index contributed by atoms with van der Waals surface area (Å²) in [4.78, 5) is 5.79. The van der Waals surface area contributed by atoms with Crippen LogP contribution in [0, 0.1) is 0 Å². The second-order valence-corrected chi connectivity index (χ2v) is 7.79. The zero-order valence-electron chi connectivity index (χ0n) is 17.7. The summed E-state index contributed by atoms with van der Waals surface area (Å²) in [6, 6.07) is 24.8. The molecule has 1 heterocycles. The van der Waals surface area contributed by atoms with Gasteiger partial charge in [0.05, 0.1) is 0 Å². The molecule has 0 fully saturated rings. The molecule has 1 aromatic heterocycles. The molecule has 0 saturated heterocycles. The molecule has 4 nitrogen and oxygen atoms in total. The fourth-order valence-electron chi connectivity index (χ4n) is 3.81. The van der Waals surface area contributed by atoms with E-state index in [1.54, 1.807) is 0 Å². The lowest BCUT2D eigenvalue weighted by Gasteiger charge is -2.14. The molecule has 0 spiro atoms. The van der Waals surface area contributed by atoms with E-state index in [1.807, 2.05) is 36.4 Å². The number of benzene rings is 3. The highest BCUT2D eigenvalue weighted by Crippen LogP contribution is 2.35. The van der Waals surface area contributed by atoms with Gasteiger partial charge in [-0.25, -0.2) is 0 Å². The number of aromatic amines is 1. The maximum absolute atomic E-state index is 6.09. The number of nitrogens with two attached hydrogens (primary N) is 1. The Balaban J connectivity index is 1.77. The van der Waals surface area contributed by atoms with Crippen molar-refractivity contribution in [1.82, 2.24) is 4.98 Å². The maximum Gasteiger partial charge on any atom is 0.128 e. The molecule has 3 aromatic carbocycles. The normalized spacial score (nSPS) is 11.0. The zero-order valence-corrected chi connectivity index (χ0v) is 17.7. The average molecular weight is 400 g/mol. The summed E-state index contributed by atoms with van der Waals surface area (Å²) in [6.45, 7) is 0.718. The number of fused-ring (bicyclic) bond motifs is 1. The molecule has 0 aliphatic rings. The average Bonchev–Trinajstić information content (AvgIpc) is 3.13. The number of nitrogens with zero attached hydrogens (tertiary/aromatic N) is 1. The Bertz CT molecular complexity index is 1120. The van der Waals surface area contributed by atoms with E-state index in [1.165, 1.54) is 27.9 Å². The SMILES string of the molecule is CN(C)c1cccc(-c2[nH]c3ccc(Oc4ccccc4)cc3c2CCCCN)c1. The number of anilines is 1. The molecular weight excluding hydrogens is 370 g/mol. The van der Waals surface area contributed by atoms with E-state index >= 15 is 0 Å². The number of aromatic nitrogens is 1. The molecular formula is C26H29N3O. The van der Waals surface area contributed by atoms with Crippen LogP contribution in [0.5, 0.6) is 11.5 Å². The van der Waals surface area contributed by atoms with Crippen LogP contribution in [0.15, 0.2) is 72.8 Å². The quantitative estimate of drug-likeness (QED) is 0.359. The van der Waals surface area contributed by atoms with Gasteiger partial charge in [0, 0.05) is 41.9 Å². The van der Waals surface area contributed by atoms with Gasteiger partial charge in [0.25, 0.3) is 0 Å². The highest BCUT2D eigenvalue weighted by Gasteiger charge is 2.15. The van der Waals surface area contributed by atoms with E-state index in [0.717, 1.165) is 42.8 Å². The molecule has 154 valence electrons. The van der Waals surface area contributed by atoms with Gasteiger partial charge in [-0.05, 0) is 73.8 Å². The van der Waals surface area contributed by atoms with Crippen LogP contribution < -0.4 is 15.4 Å². The molecule has 4 aromatic rings. The van der Waals surface area contributed by atoms with Gasteiger partial charge >= 0.3 is 0 Å². The number of para-hydroxylation sites is 1. The molecule has 0 atom stereocenters. The number of unbranched alkanes of at least 4 members (excludes halogenated alkanes) is 1. The highest BCUT2D eigenvalue weighted by molar-refractivity contribution is 5.92. The van der Waals surface area contributed by atoms with E-state index in [0.29, 0.717) is 0 Å². The summed E-state index contributed by atoms with van der Waals surface area (Å²) in [6.07, 6.45) is 3.06. The number of aryl methyl sites for hydroxylation is 1. The van der Waals surface area contributed by atoms with E-state index in [-0.39, 0.29) is 0 Å². The Kier molecular flexibility index (Phi) is 6.05. The van der Waals surface area contributed by atoms with Crippen LogP contribution >= 0.6 is 0 Å². The molecule has 4 heteroatoms. The van der Waals surface area contributed by atoms with Crippen molar-refractivity contribution in [3.05, 3.63) is 78.4 Å². The number of hydrogen-bond donors (Lipinski definition) is 2. The zero-order chi connectivity index (χ0) is 20.9. The highest BCUT2D eigenvalue weighted by atomic mass is 16.5. The van der Waals surface area contributed by atoms with Crippen molar-refractivity contribution in [1.29, 1.82) is 0 Å². The minimum Gasteiger partial charge on any atom is -0.457 e. The van der Waals surface area contributed by atoms with Crippen LogP contribution in [-0.4, -0.2) is 25.6 Å². The van der Waals surface area contributed by atoms with Crippen LogP contribution in [0.2, 0.25) is 0 Å². The molecule has 30 heavy (non-hydrogen) atoms. The Morgan fingerprint density at radius 1 is 0.867 bits per heavy atom. The first-order chi connectivity index (χ1) is 14.7. The first-order valence-corrected chi connectivity index (χ1v) is 10.5. The summed E-state index contributed by atoms with van der Waals surface area (Å²) < 4.78 is 6.09. The summed E-state index contributed by atoms with van der Waals surface area (Å²) in [5.74, 6) is 1.69. The molecule has 0 bridgehead atoms. The summed E-state index contributed by atoms with van der Waals surface area (Å²) >= 11 is 0. The van der Waals surface area contributed by atoms with E-state index in [9.17, 15) is 0 Å². The molecule has 4 rings (SSSR count). The van der Waals surface area contributed by atoms with Gasteiger partial charge in [-0.1, -0.05) is 30.3 Å². The third kappa shape index (κ3) is 4.34. The smallest absolute Gasteiger partial charge is 0.128 e. The largest absolute Gasteiger partial charge is 0.457 e. The van der Waals surface area contributed by atoms with Crippen molar-refractivity contribution >= 4 is 16.6 Å². The second-order valence-electron chi connectivity index (χ2n) is 7.79. The van der Waals surface area contributed by atoms with E-state index in [2.05, 4.69) is 60.4 Å². The molecule has 0 radical (unpaired) electrons. The van der Waals surface area contributed by atoms with Crippen molar-refractivity contribution in [2.24, 2.45) is 5.73 Å². The lowest BCUT2D eigenvalue weighted by molar-refractivity contribution is 0.483. The second kappa shape index (κ2) is 9.06. The number of ether oxygens (including phenoxy) is 1. The van der Waals surface area contributed by atoms with Crippen LogP contribution in [0.4, 0.5) is 5.69 Å². The first-order valence-electron chi connectivity index (χ1n) is 10.5. The molecule has 3 N–H and O–H groups in total. The van der Waals surface area contributed by atoms with Gasteiger partial charge < -0.3 is 20.4 Å². The van der Waals surface area contributed by atoms with Gasteiger partial charge in [-0.15, -0.1) is 0 Å². The number of rotatable bonds is 8. The van der Waals surface area contributed by atoms with Crippen LogP contribution in [0.25, 0.3) is 22.2 Å². The van der Waals surface area contributed by atoms with Crippen molar-refractivity contribution < 1.29 is 4.74 Å². The molecule has 0 aliphatic heterocycles. The Morgan fingerprint density at radius 2 is 1.70 bits per heavy atom. The minimum atomic E-state index is 0.718. The van der Waals surface area contributed by atoms with Crippen LogP contribution in [-0.2, 0) is 6.42 Å². The fraction of sp³-hybridized carbons (Fsp3) is 0.231. The Labute approximate surface area is 178 Å².